The van der Waals surface area contributed by atoms with Crippen molar-refractivity contribution >= 4 is 13.8 Å². The zero-order chi connectivity index (χ0) is 17.3. The average Bonchev–Trinajstić information content (AvgIpc) is 2.46. The molecule has 0 radical (unpaired) electrons. The summed E-state index contributed by atoms with van der Waals surface area (Å²) in [4.78, 5) is 26.5. The van der Waals surface area contributed by atoms with Gasteiger partial charge in [0.1, 0.15) is 11.8 Å². The Balaban J connectivity index is 2.34. The number of phosphoric ester groups is 1. The molecular formula is C15H24NO6P. The Morgan fingerprint density at radius 3 is 2.52 bits per heavy atom. The summed E-state index contributed by atoms with van der Waals surface area (Å²) in [6, 6.07) is 7.06. The lowest BCUT2D eigenvalue weighted by molar-refractivity contribution is -0.141. The Morgan fingerprint density at radius 1 is 1.26 bits per heavy atom. The first-order valence-corrected chi connectivity index (χ1v) is 8.98. The fraction of sp³-hybridized carbons (Fsp3) is 0.533. The van der Waals surface area contributed by atoms with Crippen LogP contribution in [0.1, 0.15) is 33.6 Å². The second-order valence-corrected chi connectivity index (χ2v) is 6.81. The molecule has 1 rings (SSSR count). The van der Waals surface area contributed by atoms with Crippen molar-refractivity contribution in [2.45, 2.75) is 39.7 Å². The summed E-state index contributed by atoms with van der Waals surface area (Å²) < 4.78 is 21.1. The van der Waals surface area contributed by atoms with Gasteiger partial charge in [-0.3, -0.25) is 4.89 Å². The maximum absolute atomic E-state index is 11.8. The summed E-state index contributed by atoms with van der Waals surface area (Å²) in [7, 11) is -4.53. The number of nitrogens with one attached hydrogen (secondary N) is 1. The topological polar surface area (TPSA) is 94.1 Å². The van der Waals surface area contributed by atoms with E-state index in [9.17, 15) is 14.3 Å². The molecule has 23 heavy (non-hydrogen) atoms. The van der Waals surface area contributed by atoms with E-state index in [1.54, 1.807) is 18.2 Å². The van der Waals surface area contributed by atoms with E-state index < -0.39 is 19.8 Å². The van der Waals surface area contributed by atoms with Crippen LogP contribution in [-0.4, -0.2) is 23.5 Å². The van der Waals surface area contributed by atoms with Gasteiger partial charge in [0.2, 0.25) is 0 Å². The Kier molecular flexibility index (Phi) is 8.26. The van der Waals surface area contributed by atoms with E-state index >= 15 is 0 Å². The molecule has 0 bridgehead atoms. The second kappa shape index (κ2) is 9.67. The summed E-state index contributed by atoms with van der Waals surface area (Å²) in [6.45, 7) is 6.12. The van der Waals surface area contributed by atoms with Crippen LogP contribution < -0.4 is 10.0 Å². The van der Waals surface area contributed by atoms with Crippen molar-refractivity contribution in [3.63, 3.8) is 0 Å². The number of hydroxylamine groups is 1. The van der Waals surface area contributed by atoms with Crippen LogP contribution >= 0.6 is 7.82 Å². The molecule has 0 aliphatic carbocycles. The normalized spacial score (nSPS) is 15.0. The van der Waals surface area contributed by atoms with Gasteiger partial charge < -0.3 is 13.9 Å². The lowest BCUT2D eigenvalue weighted by Gasteiger charge is -2.16. The van der Waals surface area contributed by atoms with E-state index in [0.29, 0.717) is 12.5 Å². The summed E-state index contributed by atoms with van der Waals surface area (Å²) in [6.07, 6.45) is 1.86. The molecule has 1 aromatic rings. The van der Waals surface area contributed by atoms with Crippen molar-refractivity contribution in [2.24, 2.45) is 5.92 Å². The number of carbonyl (C=O) groups excluding carboxylic acids is 1. The largest absolute Gasteiger partial charge is 0.587 e. The molecule has 0 saturated heterocycles. The van der Waals surface area contributed by atoms with Gasteiger partial charge in [-0.15, -0.1) is 0 Å². The molecule has 0 aromatic heterocycles. The fourth-order valence-corrected chi connectivity index (χ4v) is 2.43. The monoisotopic (exact) mass is 345 g/mol. The van der Waals surface area contributed by atoms with Crippen LogP contribution in [0.5, 0.6) is 5.75 Å². The first-order chi connectivity index (χ1) is 10.8. The smallest absolute Gasteiger partial charge is 0.395 e. The molecule has 1 unspecified atom stereocenters. The quantitative estimate of drug-likeness (QED) is 0.382. The van der Waals surface area contributed by atoms with Gasteiger partial charge in [0.15, 0.2) is 0 Å². The molecule has 0 amide bonds. The van der Waals surface area contributed by atoms with E-state index in [0.717, 1.165) is 12.8 Å². The Labute approximate surface area is 136 Å². The van der Waals surface area contributed by atoms with E-state index in [1.165, 1.54) is 19.1 Å². The molecular weight excluding hydrogens is 321 g/mol. The summed E-state index contributed by atoms with van der Waals surface area (Å²) in [5.41, 5.74) is 2.48. The number of para-hydroxylation sites is 1. The molecule has 0 aliphatic rings. The number of rotatable bonds is 10. The number of phosphoric acid groups is 1. The molecule has 7 nitrogen and oxygen atoms in total. The van der Waals surface area contributed by atoms with Gasteiger partial charge in [-0.05, 0) is 37.8 Å². The highest BCUT2D eigenvalue weighted by Crippen LogP contribution is 2.44. The van der Waals surface area contributed by atoms with Crippen molar-refractivity contribution in [3.8, 4) is 5.75 Å². The molecule has 0 fully saturated rings. The zero-order valence-electron chi connectivity index (χ0n) is 13.6. The predicted molar refractivity (Wildman–Crippen MR) is 85.6 cm³/mol. The number of hydrogen-bond donors (Lipinski definition) is 2. The van der Waals surface area contributed by atoms with E-state index in [4.69, 9.17) is 9.36 Å². The van der Waals surface area contributed by atoms with E-state index in [-0.39, 0.29) is 5.75 Å². The number of benzene rings is 1. The van der Waals surface area contributed by atoms with Gasteiger partial charge >= 0.3 is 13.8 Å². The van der Waals surface area contributed by atoms with Crippen molar-refractivity contribution in [1.29, 1.82) is 0 Å². The zero-order valence-corrected chi connectivity index (χ0v) is 14.5. The Bertz CT molecular complexity index is 522. The van der Waals surface area contributed by atoms with E-state index in [2.05, 4.69) is 23.9 Å². The van der Waals surface area contributed by atoms with Crippen LogP contribution in [0, 0.1) is 5.92 Å². The first-order valence-electron chi connectivity index (χ1n) is 7.48. The minimum Gasteiger partial charge on any atom is -0.395 e. The molecule has 1 aromatic carbocycles. The van der Waals surface area contributed by atoms with Crippen molar-refractivity contribution in [2.75, 3.05) is 6.61 Å². The number of hydrogen-bond acceptors (Lipinski definition) is 6. The van der Waals surface area contributed by atoms with Crippen molar-refractivity contribution in [1.82, 2.24) is 5.48 Å². The molecule has 0 heterocycles. The number of carbonyl (C=O) groups is 1. The van der Waals surface area contributed by atoms with Gasteiger partial charge in [-0.1, -0.05) is 32.0 Å². The highest BCUT2D eigenvalue weighted by Gasteiger charge is 2.30. The standard InChI is InChI=1S/C15H24NO6P/c1-12(2)8-7-11-20-16-13(3)15(17)22-23(18,19)21-14-9-5-4-6-10-14/h4-6,9-10,12-13,16H,7-8,11H2,1-3H3,(H,18,19)/t13-/m0/s1. The van der Waals surface area contributed by atoms with Crippen LogP contribution in [0.2, 0.25) is 0 Å². The molecule has 2 atom stereocenters. The Morgan fingerprint density at radius 2 is 1.91 bits per heavy atom. The van der Waals surface area contributed by atoms with Crippen LogP contribution in [0.25, 0.3) is 0 Å². The predicted octanol–water partition coefficient (Wildman–Crippen LogP) is 3.05. The minimum absolute atomic E-state index is 0.136. The highest BCUT2D eigenvalue weighted by molar-refractivity contribution is 7.48. The summed E-state index contributed by atoms with van der Waals surface area (Å²) in [5.74, 6) is -0.219. The third-order valence-corrected chi connectivity index (χ3v) is 3.66. The molecule has 130 valence electrons. The molecule has 0 saturated carbocycles. The first kappa shape index (κ1) is 19.6. The van der Waals surface area contributed by atoms with Crippen molar-refractivity contribution < 1.29 is 28.1 Å². The minimum atomic E-state index is -4.53. The van der Waals surface area contributed by atoms with Crippen LogP contribution in [0.3, 0.4) is 0 Å². The maximum atomic E-state index is 11.8. The van der Waals surface area contributed by atoms with Crippen molar-refractivity contribution in [3.05, 3.63) is 30.3 Å². The van der Waals surface area contributed by atoms with Gasteiger partial charge in [-0.25, -0.2) is 9.36 Å². The molecule has 2 N–H and O–H groups in total. The van der Waals surface area contributed by atoms with Gasteiger partial charge in [0.25, 0.3) is 0 Å². The average molecular weight is 345 g/mol. The molecule has 8 heteroatoms. The van der Waals surface area contributed by atoms with Gasteiger partial charge in [0, 0.05) is 0 Å². The SMILES string of the molecule is CC(C)CCCON[C@@H](C)C(=O)OP(=O)(O)Oc1ccccc1. The van der Waals surface area contributed by atoms with Crippen LogP contribution in [0.4, 0.5) is 0 Å². The third kappa shape index (κ3) is 8.71. The highest BCUT2D eigenvalue weighted by atomic mass is 31.2. The summed E-state index contributed by atoms with van der Waals surface area (Å²) >= 11 is 0. The maximum Gasteiger partial charge on any atom is 0.587 e. The van der Waals surface area contributed by atoms with E-state index in [1.807, 2.05) is 0 Å². The summed E-state index contributed by atoms with van der Waals surface area (Å²) in [5, 5.41) is 0. The molecule has 0 aliphatic heterocycles. The van der Waals surface area contributed by atoms with Crippen LogP contribution in [-0.2, 0) is 18.7 Å². The fourth-order valence-electron chi connectivity index (χ4n) is 1.62. The lowest BCUT2D eigenvalue weighted by Crippen LogP contribution is -2.35. The Hall–Kier alpha value is -1.40. The molecule has 0 spiro atoms. The second-order valence-electron chi connectivity index (χ2n) is 5.51. The lowest BCUT2D eigenvalue weighted by atomic mass is 10.1. The van der Waals surface area contributed by atoms with Crippen LogP contribution in [0.15, 0.2) is 30.3 Å². The van der Waals surface area contributed by atoms with Gasteiger partial charge in [0.05, 0.1) is 6.61 Å². The third-order valence-electron chi connectivity index (χ3n) is 2.81. The van der Waals surface area contributed by atoms with Gasteiger partial charge in [-0.2, -0.15) is 5.48 Å².